The van der Waals surface area contributed by atoms with E-state index in [1.54, 1.807) is 25.1 Å². The summed E-state index contributed by atoms with van der Waals surface area (Å²) in [6.45, 7) is 2.45. The molecule has 0 aliphatic carbocycles. The van der Waals surface area contributed by atoms with Crippen LogP contribution in [-0.2, 0) is 0 Å². The quantitative estimate of drug-likeness (QED) is 0.671. The first-order valence-corrected chi connectivity index (χ1v) is 6.92. The lowest BCUT2D eigenvalue weighted by atomic mass is 10.1. The summed E-state index contributed by atoms with van der Waals surface area (Å²) >= 11 is 1.56. The fourth-order valence-electron chi connectivity index (χ4n) is 1.78. The van der Waals surface area contributed by atoms with Gasteiger partial charge in [-0.1, -0.05) is 30.0 Å². The maximum atomic E-state index is 5.88. The first-order valence-electron chi connectivity index (χ1n) is 6.04. The molecule has 0 radical (unpaired) electrons. The second kappa shape index (κ2) is 6.54. The van der Waals surface area contributed by atoms with Crippen LogP contribution in [0.15, 0.2) is 41.7 Å². The van der Waals surface area contributed by atoms with Crippen molar-refractivity contribution in [2.75, 3.05) is 13.7 Å². The number of aromatic nitrogens is 2. The molecule has 5 heteroatoms. The van der Waals surface area contributed by atoms with Gasteiger partial charge < -0.3 is 10.5 Å². The average Bonchev–Trinajstić information content (AvgIpc) is 2.45. The molecular formula is C14H17N3OS. The summed E-state index contributed by atoms with van der Waals surface area (Å²) in [6.07, 6.45) is 1.76. The molecule has 0 saturated carbocycles. The zero-order chi connectivity index (χ0) is 13.7. The fourth-order valence-corrected chi connectivity index (χ4v) is 2.77. The Bertz CT molecular complexity index is 548. The molecule has 0 amide bonds. The number of ether oxygens (including phenoxy) is 1. The molecular weight excluding hydrogens is 258 g/mol. The number of thioether (sulfide) groups is 1. The van der Waals surface area contributed by atoms with Crippen LogP contribution in [0.25, 0.3) is 0 Å². The maximum Gasteiger partial charge on any atom is 0.188 e. The number of para-hydroxylation sites is 1. The van der Waals surface area contributed by atoms with Gasteiger partial charge in [0.1, 0.15) is 5.75 Å². The lowest BCUT2D eigenvalue weighted by molar-refractivity contribution is 0.409. The summed E-state index contributed by atoms with van der Waals surface area (Å²) in [5.74, 6) is 0.845. The molecule has 0 aliphatic heterocycles. The van der Waals surface area contributed by atoms with Gasteiger partial charge >= 0.3 is 0 Å². The van der Waals surface area contributed by atoms with Crippen LogP contribution >= 0.6 is 11.8 Å². The van der Waals surface area contributed by atoms with Crippen LogP contribution in [-0.4, -0.2) is 23.6 Å². The third-order valence-electron chi connectivity index (χ3n) is 2.72. The van der Waals surface area contributed by atoms with Crippen molar-refractivity contribution in [3.05, 3.63) is 47.8 Å². The Kier molecular flexibility index (Phi) is 4.76. The molecule has 0 saturated heterocycles. The van der Waals surface area contributed by atoms with Crippen LogP contribution in [0.3, 0.4) is 0 Å². The SMILES string of the molecule is COc1ccccc1C(CN)Sc1nccc(C)n1. The number of methoxy groups -OCH3 is 1. The standard InChI is InChI=1S/C14H17N3OS/c1-10-7-8-16-14(17-10)19-13(9-15)11-5-3-4-6-12(11)18-2/h3-8,13H,9,15H2,1-2H3. The summed E-state index contributed by atoms with van der Waals surface area (Å²) in [6, 6.07) is 9.78. The number of aryl methyl sites for hydroxylation is 1. The van der Waals surface area contributed by atoms with Crippen molar-refractivity contribution in [2.45, 2.75) is 17.3 Å². The van der Waals surface area contributed by atoms with Gasteiger partial charge in [0, 0.05) is 24.0 Å². The summed E-state index contributed by atoms with van der Waals surface area (Å²) in [5, 5.41) is 0.819. The van der Waals surface area contributed by atoms with Crippen LogP contribution < -0.4 is 10.5 Å². The monoisotopic (exact) mass is 275 g/mol. The van der Waals surface area contributed by atoms with Gasteiger partial charge in [-0.3, -0.25) is 0 Å². The van der Waals surface area contributed by atoms with Gasteiger partial charge in [0.25, 0.3) is 0 Å². The second-order valence-corrected chi connectivity index (χ2v) is 5.23. The number of nitrogens with two attached hydrogens (primary N) is 1. The van der Waals surface area contributed by atoms with Crippen molar-refractivity contribution in [3.8, 4) is 5.75 Å². The first-order chi connectivity index (χ1) is 9.24. The van der Waals surface area contributed by atoms with E-state index in [4.69, 9.17) is 10.5 Å². The van der Waals surface area contributed by atoms with Crippen LogP contribution in [0.5, 0.6) is 5.75 Å². The van der Waals surface area contributed by atoms with Crippen LogP contribution in [0.1, 0.15) is 16.5 Å². The van der Waals surface area contributed by atoms with E-state index in [9.17, 15) is 0 Å². The Balaban J connectivity index is 2.25. The Hall–Kier alpha value is -1.59. The van der Waals surface area contributed by atoms with Gasteiger partial charge in [0.15, 0.2) is 5.16 Å². The minimum absolute atomic E-state index is 0.0814. The summed E-state index contributed by atoms with van der Waals surface area (Å²) in [7, 11) is 1.67. The molecule has 0 aliphatic rings. The molecule has 1 heterocycles. The summed E-state index contributed by atoms with van der Waals surface area (Å²) in [4.78, 5) is 8.66. The lowest BCUT2D eigenvalue weighted by Gasteiger charge is -2.16. The van der Waals surface area contributed by atoms with E-state index in [0.717, 1.165) is 22.2 Å². The Labute approximate surface area is 117 Å². The van der Waals surface area contributed by atoms with Crippen molar-refractivity contribution >= 4 is 11.8 Å². The maximum absolute atomic E-state index is 5.88. The van der Waals surface area contributed by atoms with Crippen molar-refractivity contribution in [3.63, 3.8) is 0 Å². The van der Waals surface area contributed by atoms with Crippen molar-refractivity contribution in [2.24, 2.45) is 5.73 Å². The first kappa shape index (κ1) is 13.8. The predicted molar refractivity (Wildman–Crippen MR) is 77.4 cm³/mol. The molecule has 1 aromatic carbocycles. The van der Waals surface area contributed by atoms with Crippen molar-refractivity contribution in [1.29, 1.82) is 0 Å². The minimum atomic E-state index is 0.0814. The Morgan fingerprint density at radius 1 is 1.32 bits per heavy atom. The topological polar surface area (TPSA) is 61.0 Å². The highest BCUT2D eigenvalue weighted by Gasteiger charge is 2.17. The number of nitrogens with zero attached hydrogens (tertiary/aromatic N) is 2. The minimum Gasteiger partial charge on any atom is -0.496 e. The second-order valence-electron chi connectivity index (χ2n) is 4.06. The van der Waals surface area contributed by atoms with E-state index in [0.29, 0.717) is 6.54 Å². The van der Waals surface area contributed by atoms with Crippen molar-refractivity contribution < 1.29 is 4.74 Å². The number of benzene rings is 1. The molecule has 2 rings (SSSR count). The van der Waals surface area contributed by atoms with Gasteiger partial charge in [-0.25, -0.2) is 9.97 Å². The molecule has 2 N–H and O–H groups in total. The summed E-state index contributed by atoms with van der Waals surface area (Å²) < 4.78 is 5.38. The highest BCUT2D eigenvalue weighted by atomic mass is 32.2. The predicted octanol–water partition coefficient (Wildman–Crippen LogP) is 2.59. The number of hydrogen-bond acceptors (Lipinski definition) is 5. The third kappa shape index (κ3) is 3.45. The van der Waals surface area contributed by atoms with Crippen LogP contribution in [0.2, 0.25) is 0 Å². The molecule has 100 valence electrons. The molecule has 1 aromatic heterocycles. The zero-order valence-electron chi connectivity index (χ0n) is 11.0. The van der Waals surface area contributed by atoms with E-state index >= 15 is 0 Å². The highest BCUT2D eigenvalue weighted by molar-refractivity contribution is 7.99. The van der Waals surface area contributed by atoms with Crippen LogP contribution in [0, 0.1) is 6.92 Å². The Morgan fingerprint density at radius 2 is 2.11 bits per heavy atom. The third-order valence-corrected chi connectivity index (χ3v) is 3.86. The van der Waals surface area contributed by atoms with Gasteiger partial charge in [-0.2, -0.15) is 0 Å². The van der Waals surface area contributed by atoms with Crippen molar-refractivity contribution in [1.82, 2.24) is 9.97 Å². The van der Waals surface area contributed by atoms with E-state index in [-0.39, 0.29) is 5.25 Å². The average molecular weight is 275 g/mol. The number of hydrogen-bond donors (Lipinski definition) is 1. The molecule has 1 atom stereocenters. The lowest BCUT2D eigenvalue weighted by Crippen LogP contribution is -2.11. The van der Waals surface area contributed by atoms with Crippen LogP contribution in [0.4, 0.5) is 0 Å². The van der Waals surface area contributed by atoms with Gasteiger partial charge in [0.05, 0.1) is 12.4 Å². The smallest absolute Gasteiger partial charge is 0.188 e. The molecule has 0 bridgehead atoms. The number of rotatable bonds is 5. The highest BCUT2D eigenvalue weighted by Crippen LogP contribution is 2.36. The fraction of sp³-hybridized carbons (Fsp3) is 0.286. The zero-order valence-corrected chi connectivity index (χ0v) is 11.9. The van der Waals surface area contributed by atoms with E-state index in [1.807, 2.05) is 37.3 Å². The molecule has 0 fully saturated rings. The normalized spacial score (nSPS) is 12.2. The molecule has 2 aromatic rings. The Morgan fingerprint density at radius 3 is 2.79 bits per heavy atom. The van der Waals surface area contributed by atoms with E-state index in [1.165, 1.54) is 0 Å². The molecule has 19 heavy (non-hydrogen) atoms. The van der Waals surface area contributed by atoms with Gasteiger partial charge in [-0.15, -0.1) is 0 Å². The summed E-state index contributed by atoms with van der Waals surface area (Å²) in [5.41, 5.74) is 7.91. The van der Waals surface area contributed by atoms with E-state index < -0.39 is 0 Å². The van der Waals surface area contributed by atoms with Gasteiger partial charge in [0.2, 0.25) is 0 Å². The largest absolute Gasteiger partial charge is 0.496 e. The van der Waals surface area contributed by atoms with Gasteiger partial charge in [-0.05, 0) is 19.1 Å². The van der Waals surface area contributed by atoms with E-state index in [2.05, 4.69) is 9.97 Å². The molecule has 4 nitrogen and oxygen atoms in total. The molecule has 1 unspecified atom stereocenters. The molecule has 0 spiro atoms.